The largest absolute Gasteiger partial charge is 0.462 e. The van der Waals surface area contributed by atoms with E-state index in [1.165, 1.54) is 244 Å². The molecule has 0 aliphatic carbocycles. The molecule has 6 heteroatoms. The predicted octanol–water partition coefficient (Wildman–Crippen LogP) is 19.5. The minimum absolute atomic E-state index is 0.0609. The van der Waals surface area contributed by atoms with E-state index < -0.39 is 6.10 Å². The van der Waals surface area contributed by atoms with E-state index in [2.05, 4.69) is 20.8 Å². The lowest BCUT2D eigenvalue weighted by molar-refractivity contribution is -0.167. The summed E-state index contributed by atoms with van der Waals surface area (Å²) < 4.78 is 16.9. The summed E-state index contributed by atoms with van der Waals surface area (Å²) in [5.41, 5.74) is 0. The molecule has 0 amide bonds. The van der Waals surface area contributed by atoms with Gasteiger partial charge in [0, 0.05) is 19.3 Å². The van der Waals surface area contributed by atoms with E-state index in [0.29, 0.717) is 19.3 Å². The van der Waals surface area contributed by atoms with Gasteiger partial charge in [0.25, 0.3) is 0 Å². The van der Waals surface area contributed by atoms with Crippen LogP contribution in [-0.2, 0) is 28.6 Å². The minimum atomic E-state index is -0.761. The molecule has 1 atom stereocenters. The van der Waals surface area contributed by atoms with Crippen LogP contribution in [-0.4, -0.2) is 37.2 Å². The number of unbranched alkanes of at least 4 members (excludes halogenated alkanes) is 44. The molecule has 0 aromatic carbocycles. The first-order chi connectivity index (χ1) is 32.0. The number of carbonyl (C=O) groups is 3. The third kappa shape index (κ3) is 53.2. The molecular weight excluding hydrogens is 805 g/mol. The van der Waals surface area contributed by atoms with Crippen molar-refractivity contribution in [2.45, 2.75) is 348 Å². The number of carbonyl (C=O) groups excluding carboxylic acids is 3. The summed E-state index contributed by atoms with van der Waals surface area (Å²) >= 11 is 0. The van der Waals surface area contributed by atoms with Gasteiger partial charge in [-0.3, -0.25) is 14.4 Å². The molecule has 0 aliphatic heterocycles. The van der Waals surface area contributed by atoms with Crippen LogP contribution in [0, 0.1) is 0 Å². The Morgan fingerprint density at radius 1 is 0.246 bits per heavy atom. The fourth-order valence-electron chi connectivity index (χ4n) is 9.15. The van der Waals surface area contributed by atoms with E-state index in [4.69, 9.17) is 14.2 Å². The Kier molecular flexibility index (Phi) is 53.7. The molecule has 0 heterocycles. The summed E-state index contributed by atoms with van der Waals surface area (Å²) in [5.74, 6) is -0.830. The molecule has 0 N–H and O–H groups in total. The van der Waals surface area contributed by atoms with Gasteiger partial charge < -0.3 is 14.2 Å². The van der Waals surface area contributed by atoms with E-state index in [1.54, 1.807) is 0 Å². The maximum Gasteiger partial charge on any atom is 0.306 e. The fourth-order valence-corrected chi connectivity index (χ4v) is 9.15. The summed E-state index contributed by atoms with van der Waals surface area (Å²) in [6, 6.07) is 0. The van der Waals surface area contributed by atoms with E-state index >= 15 is 0 Å². The average molecular weight is 920 g/mol. The fraction of sp³-hybridized carbons (Fsp3) is 0.949. The molecule has 0 spiro atoms. The smallest absolute Gasteiger partial charge is 0.306 e. The van der Waals surface area contributed by atoms with Crippen molar-refractivity contribution in [1.29, 1.82) is 0 Å². The highest BCUT2D eigenvalue weighted by Gasteiger charge is 2.19. The molecular formula is C59H114O6. The predicted molar refractivity (Wildman–Crippen MR) is 280 cm³/mol. The first-order valence-corrected chi connectivity index (χ1v) is 29.5. The van der Waals surface area contributed by atoms with Crippen LogP contribution < -0.4 is 0 Å². The van der Waals surface area contributed by atoms with Gasteiger partial charge in [0.05, 0.1) is 0 Å². The number of hydrogen-bond donors (Lipinski definition) is 0. The normalized spacial score (nSPS) is 11.9. The Labute approximate surface area is 406 Å². The zero-order valence-corrected chi connectivity index (χ0v) is 44.3. The average Bonchev–Trinajstić information content (AvgIpc) is 3.30. The monoisotopic (exact) mass is 919 g/mol. The maximum atomic E-state index is 12.9. The van der Waals surface area contributed by atoms with Crippen LogP contribution in [0.25, 0.3) is 0 Å². The van der Waals surface area contributed by atoms with Crippen molar-refractivity contribution in [2.24, 2.45) is 0 Å². The van der Waals surface area contributed by atoms with Crippen molar-refractivity contribution in [2.75, 3.05) is 13.2 Å². The van der Waals surface area contributed by atoms with Gasteiger partial charge in [-0.15, -0.1) is 0 Å². The second-order valence-corrected chi connectivity index (χ2v) is 20.3. The zero-order chi connectivity index (χ0) is 47.2. The third-order valence-corrected chi connectivity index (χ3v) is 13.6. The second-order valence-electron chi connectivity index (χ2n) is 20.3. The van der Waals surface area contributed by atoms with Crippen LogP contribution in [0.5, 0.6) is 0 Å². The Morgan fingerprint density at radius 2 is 0.415 bits per heavy atom. The van der Waals surface area contributed by atoms with Crippen LogP contribution in [0.3, 0.4) is 0 Å². The molecule has 0 aliphatic rings. The highest BCUT2D eigenvalue weighted by Crippen LogP contribution is 2.18. The van der Waals surface area contributed by atoms with Crippen molar-refractivity contribution >= 4 is 17.9 Å². The van der Waals surface area contributed by atoms with Gasteiger partial charge in [-0.1, -0.05) is 303 Å². The molecule has 0 radical (unpaired) electrons. The van der Waals surface area contributed by atoms with Gasteiger partial charge in [0.2, 0.25) is 0 Å². The molecule has 0 bridgehead atoms. The van der Waals surface area contributed by atoms with E-state index in [0.717, 1.165) is 57.8 Å². The van der Waals surface area contributed by atoms with Crippen LogP contribution in [0.4, 0.5) is 0 Å². The van der Waals surface area contributed by atoms with E-state index in [9.17, 15) is 14.4 Å². The van der Waals surface area contributed by atoms with E-state index in [1.807, 2.05) is 0 Å². The Hall–Kier alpha value is -1.59. The first-order valence-electron chi connectivity index (χ1n) is 29.5. The van der Waals surface area contributed by atoms with Crippen molar-refractivity contribution in [3.05, 3.63) is 0 Å². The summed E-state index contributed by atoms with van der Waals surface area (Å²) in [7, 11) is 0. The van der Waals surface area contributed by atoms with E-state index in [-0.39, 0.29) is 31.1 Å². The topological polar surface area (TPSA) is 78.9 Å². The van der Waals surface area contributed by atoms with Crippen LogP contribution in [0.2, 0.25) is 0 Å². The highest BCUT2D eigenvalue weighted by atomic mass is 16.6. The molecule has 0 rings (SSSR count). The van der Waals surface area contributed by atoms with Gasteiger partial charge in [0.15, 0.2) is 6.10 Å². The Morgan fingerprint density at radius 3 is 0.615 bits per heavy atom. The summed E-state index contributed by atoms with van der Waals surface area (Å²) in [5, 5.41) is 0. The number of ether oxygens (including phenoxy) is 3. The molecule has 0 aromatic heterocycles. The quantitative estimate of drug-likeness (QED) is 0.0344. The lowest BCUT2D eigenvalue weighted by atomic mass is 10.0. The van der Waals surface area contributed by atoms with Crippen molar-refractivity contribution in [3.63, 3.8) is 0 Å². The summed E-state index contributed by atoms with van der Waals surface area (Å²) in [6.07, 6.45) is 60.9. The SMILES string of the molecule is CCCCCCCCCCCCCCCCCCCC(=O)OC[C@@H](COC(=O)CCCCCCCCCCCCCCCC)OC(=O)CCCCCCCCCCCCCCCCCC. The van der Waals surface area contributed by atoms with Crippen LogP contribution >= 0.6 is 0 Å². The molecule has 6 nitrogen and oxygen atoms in total. The lowest BCUT2D eigenvalue weighted by Crippen LogP contribution is -2.30. The van der Waals surface area contributed by atoms with Gasteiger partial charge in [0.1, 0.15) is 13.2 Å². The van der Waals surface area contributed by atoms with Gasteiger partial charge in [-0.2, -0.15) is 0 Å². The second kappa shape index (κ2) is 55.0. The molecule has 0 saturated carbocycles. The van der Waals surface area contributed by atoms with Crippen molar-refractivity contribution in [3.8, 4) is 0 Å². The Balaban J connectivity index is 4.28. The van der Waals surface area contributed by atoms with Crippen LogP contribution in [0.1, 0.15) is 342 Å². The van der Waals surface area contributed by atoms with Crippen LogP contribution in [0.15, 0.2) is 0 Å². The number of rotatable bonds is 55. The molecule has 65 heavy (non-hydrogen) atoms. The zero-order valence-electron chi connectivity index (χ0n) is 44.3. The third-order valence-electron chi connectivity index (χ3n) is 13.6. The molecule has 0 aromatic rings. The first kappa shape index (κ1) is 63.4. The number of esters is 3. The highest BCUT2D eigenvalue weighted by molar-refractivity contribution is 5.71. The molecule has 0 saturated heterocycles. The van der Waals surface area contributed by atoms with Crippen molar-refractivity contribution < 1.29 is 28.6 Å². The van der Waals surface area contributed by atoms with Gasteiger partial charge in [-0.25, -0.2) is 0 Å². The molecule has 0 fully saturated rings. The molecule has 0 unspecified atom stereocenters. The molecule has 386 valence electrons. The van der Waals surface area contributed by atoms with Crippen molar-refractivity contribution in [1.82, 2.24) is 0 Å². The Bertz CT molecular complexity index is 967. The minimum Gasteiger partial charge on any atom is -0.462 e. The standard InChI is InChI=1S/C59H114O6/c1-4-7-10-13-16-19-22-25-28-30-32-34-37-40-43-46-49-52-58(61)64-55-56(54-63-57(60)51-48-45-42-39-36-33-27-24-21-18-15-12-9-6-3)65-59(62)53-50-47-44-41-38-35-31-29-26-23-20-17-14-11-8-5-2/h56H,4-55H2,1-3H3/t56-/m1/s1. The lowest BCUT2D eigenvalue weighted by Gasteiger charge is -2.18. The summed E-state index contributed by atoms with van der Waals surface area (Å²) in [4.78, 5) is 38.2. The van der Waals surface area contributed by atoms with Gasteiger partial charge >= 0.3 is 17.9 Å². The maximum absolute atomic E-state index is 12.9. The number of hydrogen-bond acceptors (Lipinski definition) is 6. The summed E-state index contributed by atoms with van der Waals surface area (Å²) in [6.45, 7) is 6.71. The van der Waals surface area contributed by atoms with Gasteiger partial charge in [-0.05, 0) is 19.3 Å².